The summed E-state index contributed by atoms with van der Waals surface area (Å²) < 4.78 is 25.8. The van der Waals surface area contributed by atoms with Crippen LogP contribution in [0.1, 0.15) is 18.4 Å². The topological polar surface area (TPSA) is 64.2 Å². The van der Waals surface area contributed by atoms with E-state index in [1.165, 1.54) is 4.31 Å². The summed E-state index contributed by atoms with van der Waals surface area (Å²) in [5, 5.41) is 0. The number of nitrogens with zero attached hydrogens (tertiary/aromatic N) is 4. The van der Waals surface area contributed by atoms with Crippen molar-refractivity contribution in [2.24, 2.45) is 0 Å². The number of hydrogen-bond donors (Lipinski definition) is 0. The third-order valence-electron chi connectivity index (χ3n) is 5.37. The van der Waals surface area contributed by atoms with Gasteiger partial charge in [-0.1, -0.05) is 12.1 Å². The number of benzene rings is 1. The van der Waals surface area contributed by atoms with Gasteiger partial charge in [-0.05, 0) is 30.5 Å². The molecule has 0 atom stereocenters. The Morgan fingerprint density at radius 1 is 1.00 bits per heavy atom. The average molecular weight is 395 g/mol. The molecule has 8 heteroatoms. The van der Waals surface area contributed by atoms with Gasteiger partial charge < -0.3 is 4.90 Å². The van der Waals surface area contributed by atoms with Gasteiger partial charge in [-0.3, -0.25) is 14.6 Å². The molecular formula is C19H30N4O3S. The molecule has 2 aliphatic heterocycles. The van der Waals surface area contributed by atoms with Crippen LogP contribution in [0, 0.1) is 0 Å². The van der Waals surface area contributed by atoms with Crippen molar-refractivity contribution < 1.29 is 13.2 Å². The van der Waals surface area contributed by atoms with Crippen LogP contribution >= 0.6 is 0 Å². The lowest BCUT2D eigenvalue weighted by atomic mass is 10.2. The first kappa shape index (κ1) is 20.3. The highest BCUT2D eigenvalue weighted by Gasteiger charge is 2.24. The zero-order valence-corrected chi connectivity index (χ0v) is 17.1. The predicted molar refractivity (Wildman–Crippen MR) is 105 cm³/mol. The third kappa shape index (κ3) is 5.07. The average Bonchev–Trinajstić information content (AvgIpc) is 3.18. The second kappa shape index (κ2) is 8.68. The normalized spacial score (nSPS) is 19.7. The lowest BCUT2D eigenvalue weighted by molar-refractivity contribution is -0.131. The molecule has 0 bridgehead atoms. The van der Waals surface area contributed by atoms with E-state index in [9.17, 15) is 13.2 Å². The Balaban J connectivity index is 1.51. The number of rotatable bonds is 6. The first-order chi connectivity index (χ1) is 12.9. The molecule has 0 unspecified atom stereocenters. The van der Waals surface area contributed by atoms with Crippen LogP contribution in [0.15, 0.2) is 29.2 Å². The van der Waals surface area contributed by atoms with Crippen molar-refractivity contribution in [1.82, 2.24) is 19.0 Å². The molecule has 0 aromatic heterocycles. The molecule has 2 aliphatic rings. The van der Waals surface area contributed by atoms with E-state index in [0.29, 0.717) is 11.4 Å². The van der Waals surface area contributed by atoms with Crippen LogP contribution in [0.25, 0.3) is 0 Å². The first-order valence-electron chi connectivity index (χ1n) is 9.60. The first-order valence-corrected chi connectivity index (χ1v) is 11.0. The van der Waals surface area contributed by atoms with Crippen LogP contribution in [-0.4, -0.2) is 93.2 Å². The minimum atomic E-state index is -3.41. The molecule has 2 saturated heterocycles. The van der Waals surface area contributed by atoms with Gasteiger partial charge in [-0.2, -0.15) is 0 Å². The monoisotopic (exact) mass is 394 g/mol. The van der Waals surface area contributed by atoms with E-state index in [1.54, 1.807) is 32.3 Å². The van der Waals surface area contributed by atoms with Gasteiger partial charge in [0, 0.05) is 59.9 Å². The molecule has 0 N–H and O–H groups in total. The van der Waals surface area contributed by atoms with Crippen molar-refractivity contribution in [3.63, 3.8) is 0 Å². The molecule has 3 rings (SSSR count). The lowest BCUT2D eigenvalue weighted by Gasteiger charge is -2.35. The van der Waals surface area contributed by atoms with Crippen molar-refractivity contribution in [2.75, 3.05) is 59.9 Å². The molecule has 0 aliphatic carbocycles. The van der Waals surface area contributed by atoms with Crippen molar-refractivity contribution >= 4 is 15.9 Å². The number of hydrogen-bond acceptors (Lipinski definition) is 5. The predicted octanol–water partition coefficient (Wildman–Crippen LogP) is 0.677. The van der Waals surface area contributed by atoms with E-state index >= 15 is 0 Å². The van der Waals surface area contributed by atoms with Crippen molar-refractivity contribution in [2.45, 2.75) is 24.3 Å². The molecule has 0 saturated carbocycles. The molecule has 27 heavy (non-hydrogen) atoms. The van der Waals surface area contributed by atoms with E-state index in [4.69, 9.17) is 0 Å². The fourth-order valence-electron chi connectivity index (χ4n) is 3.64. The summed E-state index contributed by atoms with van der Waals surface area (Å²) in [5.74, 6) is 0.252. The highest BCUT2D eigenvalue weighted by Crippen LogP contribution is 2.17. The highest BCUT2D eigenvalue weighted by molar-refractivity contribution is 7.89. The number of likely N-dealkylation sites (tertiary alicyclic amines) is 1. The molecule has 2 fully saturated rings. The maximum Gasteiger partial charge on any atom is 0.242 e. The van der Waals surface area contributed by atoms with E-state index in [2.05, 4.69) is 9.80 Å². The quantitative estimate of drug-likeness (QED) is 0.710. The maximum atomic E-state index is 12.3. The van der Waals surface area contributed by atoms with E-state index < -0.39 is 10.0 Å². The second-order valence-corrected chi connectivity index (χ2v) is 9.73. The van der Waals surface area contributed by atoms with E-state index in [-0.39, 0.29) is 5.91 Å². The minimum Gasteiger partial charge on any atom is -0.342 e. The fourth-order valence-corrected chi connectivity index (χ4v) is 4.61. The zero-order chi connectivity index (χ0) is 19.4. The van der Waals surface area contributed by atoms with Crippen LogP contribution < -0.4 is 0 Å². The van der Waals surface area contributed by atoms with Gasteiger partial charge in [-0.25, -0.2) is 12.7 Å². The largest absolute Gasteiger partial charge is 0.342 e. The molecule has 150 valence electrons. The SMILES string of the molecule is CN(C)S(=O)(=O)c1cccc(CN2CCN(CC(=O)N3CCCC3)CC2)c1. The van der Waals surface area contributed by atoms with E-state index in [0.717, 1.165) is 64.2 Å². The Kier molecular flexibility index (Phi) is 6.52. The smallest absolute Gasteiger partial charge is 0.242 e. The van der Waals surface area contributed by atoms with Gasteiger partial charge in [0.2, 0.25) is 15.9 Å². The lowest BCUT2D eigenvalue weighted by Crippen LogP contribution is -2.49. The Labute approximate surface area is 162 Å². The molecule has 2 heterocycles. The van der Waals surface area contributed by atoms with Crippen molar-refractivity contribution in [3.8, 4) is 0 Å². The highest BCUT2D eigenvalue weighted by atomic mass is 32.2. The number of amides is 1. The molecule has 1 amide bonds. The summed E-state index contributed by atoms with van der Waals surface area (Å²) in [6, 6.07) is 7.17. The second-order valence-electron chi connectivity index (χ2n) is 7.58. The summed E-state index contributed by atoms with van der Waals surface area (Å²) in [4.78, 5) is 19.1. The summed E-state index contributed by atoms with van der Waals surface area (Å²) in [6.45, 7) is 6.57. The summed E-state index contributed by atoms with van der Waals surface area (Å²) in [7, 11) is -0.314. The molecule has 1 aromatic rings. The number of carbonyl (C=O) groups excluding carboxylic acids is 1. The van der Waals surface area contributed by atoms with Crippen LogP contribution in [-0.2, 0) is 21.4 Å². The van der Waals surface area contributed by atoms with Crippen molar-refractivity contribution in [3.05, 3.63) is 29.8 Å². The van der Waals surface area contributed by atoms with E-state index in [1.807, 2.05) is 11.0 Å². The molecule has 1 aromatic carbocycles. The number of sulfonamides is 1. The van der Waals surface area contributed by atoms with Gasteiger partial charge in [0.1, 0.15) is 0 Å². The molecule has 0 spiro atoms. The fraction of sp³-hybridized carbons (Fsp3) is 0.632. The van der Waals surface area contributed by atoms with Crippen LogP contribution in [0.2, 0.25) is 0 Å². The molecule has 0 radical (unpaired) electrons. The summed E-state index contributed by atoms with van der Waals surface area (Å²) in [6.07, 6.45) is 2.25. The van der Waals surface area contributed by atoms with Gasteiger partial charge in [0.05, 0.1) is 11.4 Å². The van der Waals surface area contributed by atoms with Crippen LogP contribution in [0.3, 0.4) is 0 Å². The van der Waals surface area contributed by atoms with Gasteiger partial charge in [0.15, 0.2) is 0 Å². The third-order valence-corrected chi connectivity index (χ3v) is 7.18. The van der Waals surface area contributed by atoms with Crippen LogP contribution in [0.4, 0.5) is 0 Å². The van der Waals surface area contributed by atoms with Gasteiger partial charge in [-0.15, -0.1) is 0 Å². The van der Waals surface area contributed by atoms with Crippen LogP contribution in [0.5, 0.6) is 0 Å². The number of carbonyl (C=O) groups is 1. The molecule has 7 nitrogen and oxygen atoms in total. The maximum absolute atomic E-state index is 12.3. The zero-order valence-electron chi connectivity index (χ0n) is 16.3. The summed E-state index contributed by atoms with van der Waals surface area (Å²) >= 11 is 0. The Morgan fingerprint density at radius 2 is 1.63 bits per heavy atom. The summed E-state index contributed by atoms with van der Waals surface area (Å²) in [5.41, 5.74) is 1.000. The van der Waals surface area contributed by atoms with Gasteiger partial charge >= 0.3 is 0 Å². The Hall–Kier alpha value is -1.48. The number of piperazine rings is 1. The minimum absolute atomic E-state index is 0.252. The molecular weight excluding hydrogens is 364 g/mol. The van der Waals surface area contributed by atoms with Gasteiger partial charge in [0.25, 0.3) is 0 Å². The standard InChI is InChI=1S/C19H30N4O3S/c1-20(2)27(25,26)18-7-5-6-17(14-18)15-21-10-12-22(13-11-21)16-19(24)23-8-3-4-9-23/h5-7,14H,3-4,8-13,15-16H2,1-2H3. The Morgan fingerprint density at radius 3 is 2.26 bits per heavy atom. The Bertz CT molecular complexity index is 752. The van der Waals surface area contributed by atoms with Crippen molar-refractivity contribution in [1.29, 1.82) is 0 Å².